The largest absolute Gasteiger partial charge is 0.345 e. The quantitative estimate of drug-likeness (QED) is 0.651. The van der Waals surface area contributed by atoms with Crippen molar-refractivity contribution in [2.24, 2.45) is 5.92 Å². The SMILES string of the molecule is CC(=O)N(C)CCC(=O)Nc1cc(Cl)cc(CN2CCN(C(=O)C3CCCC3)[C@@H](C)C2)c1C. The van der Waals surface area contributed by atoms with Crippen LogP contribution in [0.3, 0.4) is 0 Å². The van der Waals surface area contributed by atoms with Gasteiger partial charge in [0.05, 0.1) is 0 Å². The van der Waals surface area contributed by atoms with Gasteiger partial charge in [-0.05, 0) is 49.9 Å². The maximum Gasteiger partial charge on any atom is 0.226 e. The average Bonchev–Trinajstić information content (AvgIpc) is 3.30. The number of carbonyl (C=O) groups excluding carboxylic acids is 3. The van der Waals surface area contributed by atoms with Gasteiger partial charge in [0.15, 0.2) is 0 Å². The number of hydrogen-bond donors (Lipinski definition) is 1. The number of piperazine rings is 1. The van der Waals surface area contributed by atoms with Crippen LogP contribution >= 0.6 is 11.6 Å². The van der Waals surface area contributed by atoms with Gasteiger partial charge in [0.2, 0.25) is 17.7 Å². The van der Waals surface area contributed by atoms with Gasteiger partial charge >= 0.3 is 0 Å². The van der Waals surface area contributed by atoms with E-state index in [1.807, 2.05) is 13.0 Å². The minimum atomic E-state index is -0.146. The molecule has 1 aliphatic heterocycles. The number of nitrogens with one attached hydrogen (secondary N) is 1. The Kier molecular flexibility index (Phi) is 8.76. The molecule has 1 atom stereocenters. The van der Waals surface area contributed by atoms with Crippen molar-refractivity contribution < 1.29 is 14.4 Å². The first-order valence-electron chi connectivity index (χ1n) is 12.0. The van der Waals surface area contributed by atoms with E-state index in [1.54, 1.807) is 13.1 Å². The molecule has 0 aromatic heterocycles. The summed E-state index contributed by atoms with van der Waals surface area (Å²) in [7, 11) is 1.68. The molecule has 33 heavy (non-hydrogen) atoms. The Morgan fingerprint density at radius 3 is 2.52 bits per heavy atom. The molecule has 1 N–H and O–H groups in total. The van der Waals surface area contributed by atoms with Gasteiger partial charge in [0.25, 0.3) is 0 Å². The maximum absolute atomic E-state index is 12.9. The Hall–Kier alpha value is -2.12. The fourth-order valence-corrected chi connectivity index (χ4v) is 5.06. The number of benzene rings is 1. The maximum atomic E-state index is 12.9. The summed E-state index contributed by atoms with van der Waals surface area (Å²) in [4.78, 5) is 42.6. The molecule has 182 valence electrons. The molecule has 1 heterocycles. The number of rotatable bonds is 7. The number of carbonyl (C=O) groups is 3. The number of nitrogens with zero attached hydrogens (tertiary/aromatic N) is 3. The summed E-state index contributed by atoms with van der Waals surface area (Å²) < 4.78 is 0. The van der Waals surface area contributed by atoms with Crippen LogP contribution in [0.15, 0.2) is 12.1 Å². The molecule has 1 saturated heterocycles. The zero-order chi connectivity index (χ0) is 24.1. The van der Waals surface area contributed by atoms with Gasteiger partial charge in [0, 0.05) is 75.8 Å². The van der Waals surface area contributed by atoms with Crippen LogP contribution in [0.5, 0.6) is 0 Å². The predicted octanol–water partition coefficient (Wildman–Crippen LogP) is 3.68. The second-order valence-electron chi connectivity index (χ2n) is 9.57. The Balaban J connectivity index is 1.60. The summed E-state index contributed by atoms with van der Waals surface area (Å²) in [6.07, 6.45) is 4.64. The molecular weight excluding hydrogens is 440 g/mol. The van der Waals surface area contributed by atoms with E-state index < -0.39 is 0 Å². The molecule has 0 spiro atoms. The lowest BCUT2D eigenvalue weighted by atomic mass is 10.0. The van der Waals surface area contributed by atoms with E-state index in [1.165, 1.54) is 24.7 Å². The highest BCUT2D eigenvalue weighted by atomic mass is 35.5. The summed E-state index contributed by atoms with van der Waals surface area (Å²) in [5.74, 6) is 0.338. The van der Waals surface area contributed by atoms with E-state index in [2.05, 4.69) is 22.0 Å². The zero-order valence-corrected chi connectivity index (χ0v) is 21.1. The number of halogens is 1. The van der Waals surface area contributed by atoms with Crippen molar-refractivity contribution in [1.82, 2.24) is 14.7 Å². The first-order valence-corrected chi connectivity index (χ1v) is 12.4. The van der Waals surface area contributed by atoms with Crippen molar-refractivity contribution >= 4 is 35.0 Å². The molecule has 1 aromatic carbocycles. The van der Waals surface area contributed by atoms with E-state index in [0.29, 0.717) is 23.2 Å². The smallest absolute Gasteiger partial charge is 0.226 e. The van der Waals surface area contributed by atoms with Crippen LogP contribution in [-0.4, -0.2) is 71.7 Å². The van der Waals surface area contributed by atoms with Crippen molar-refractivity contribution in [2.75, 3.05) is 38.5 Å². The third kappa shape index (κ3) is 6.70. The Morgan fingerprint density at radius 2 is 1.88 bits per heavy atom. The van der Waals surface area contributed by atoms with Crippen molar-refractivity contribution in [3.05, 3.63) is 28.3 Å². The summed E-state index contributed by atoms with van der Waals surface area (Å²) in [5.41, 5.74) is 2.77. The minimum Gasteiger partial charge on any atom is -0.345 e. The molecule has 2 aliphatic rings. The Bertz CT molecular complexity index is 885. The first kappa shape index (κ1) is 25.5. The third-order valence-electron chi connectivity index (χ3n) is 7.06. The van der Waals surface area contributed by atoms with Crippen LogP contribution in [-0.2, 0) is 20.9 Å². The summed E-state index contributed by atoms with van der Waals surface area (Å²) in [6, 6.07) is 3.91. The highest BCUT2D eigenvalue weighted by Gasteiger charge is 2.33. The average molecular weight is 477 g/mol. The summed E-state index contributed by atoms with van der Waals surface area (Å²) in [5, 5.41) is 3.53. The topological polar surface area (TPSA) is 73.0 Å². The monoisotopic (exact) mass is 476 g/mol. The molecule has 1 saturated carbocycles. The van der Waals surface area contributed by atoms with E-state index in [-0.39, 0.29) is 30.2 Å². The fourth-order valence-electron chi connectivity index (χ4n) is 4.82. The molecular formula is C25H37ClN4O3. The number of hydrogen-bond acceptors (Lipinski definition) is 4. The lowest BCUT2D eigenvalue weighted by molar-refractivity contribution is -0.140. The molecule has 3 rings (SSSR count). The standard InChI is InChI=1S/C25H37ClN4O3/c1-17-15-29(11-12-30(17)25(33)20-7-5-6-8-20)16-21-13-22(26)14-23(18(21)2)27-24(32)9-10-28(4)19(3)31/h13-14,17,20H,5-12,15-16H2,1-4H3,(H,27,32)/t17-/m0/s1. The van der Waals surface area contributed by atoms with Gasteiger partial charge in [-0.15, -0.1) is 0 Å². The molecule has 0 radical (unpaired) electrons. The van der Waals surface area contributed by atoms with Crippen LogP contribution < -0.4 is 5.32 Å². The molecule has 7 nitrogen and oxygen atoms in total. The molecule has 0 bridgehead atoms. The first-order chi connectivity index (χ1) is 15.7. The van der Waals surface area contributed by atoms with E-state index in [0.717, 1.165) is 50.1 Å². The second-order valence-corrected chi connectivity index (χ2v) is 10.0. The molecule has 2 fully saturated rings. The zero-order valence-electron chi connectivity index (χ0n) is 20.3. The van der Waals surface area contributed by atoms with Crippen molar-refractivity contribution in [3.63, 3.8) is 0 Å². The van der Waals surface area contributed by atoms with Crippen LogP contribution in [0.2, 0.25) is 5.02 Å². The highest BCUT2D eigenvalue weighted by molar-refractivity contribution is 6.31. The predicted molar refractivity (Wildman–Crippen MR) is 131 cm³/mol. The summed E-state index contributed by atoms with van der Waals surface area (Å²) >= 11 is 6.38. The lowest BCUT2D eigenvalue weighted by Gasteiger charge is -2.41. The van der Waals surface area contributed by atoms with Crippen LogP contribution in [0.1, 0.15) is 57.1 Å². The van der Waals surface area contributed by atoms with E-state index in [4.69, 9.17) is 11.6 Å². The molecule has 1 aliphatic carbocycles. The van der Waals surface area contributed by atoms with Crippen molar-refractivity contribution in [2.45, 2.75) is 65.5 Å². The molecule has 8 heteroatoms. The van der Waals surface area contributed by atoms with Gasteiger partial charge in [-0.25, -0.2) is 0 Å². The van der Waals surface area contributed by atoms with E-state index >= 15 is 0 Å². The van der Waals surface area contributed by atoms with Crippen LogP contribution in [0.25, 0.3) is 0 Å². The van der Waals surface area contributed by atoms with Gasteiger partial charge in [-0.3, -0.25) is 19.3 Å². The molecule has 3 amide bonds. The van der Waals surface area contributed by atoms with Gasteiger partial charge < -0.3 is 15.1 Å². The van der Waals surface area contributed by atoms with Crippen LogP contribution in [0, 0.1) is 12.8 Å². The Labute approximate surface area is 202 Å². The van der Waals surface area contributed by atoms with E-state index in [9.17, 15) is 14.4 Å². The fraction of sp³-hybridized carbons (Fsp3) is 0.640. The summed E-state index contributed by atoms with van der Waals surface area (Å²) in [6.45, 7) is 9.10. The Morgan fingerprint density at radius 1 is 1.18 bits per heavy atom. The minimum absolute atomic E-state index is 0.0664. The lowest BCUT2D eigenvalue weighted by Crippen LogP contribution is -2.54. The number of amides is 3. The second kappa shape index (κ2) is 11.3. The van der Waals surface area contributed by atoms with Gasteiger partial charge in [-0.1, -0.05) is 24.4 Å². The van der Waals surface area contributed by atoms with Gasteiger partial charge in [-0.2, -0.15) is 0 Å². The molecule has 1 aromatic rings. The molecule has 0 unspecified atom stereocenters. The van der Waals surface area contributed by atoms with Gasteiger partial charge in [0.1, 0.15) is 0 Å². The van der Waals surface area contributed by atoms with Crippen molar-refractivity contribution in [3.8, 4) is 0 Å². The third-order valence-corrected chi connectivity index (χ3v) is 7.28. The highest BCUT2D eigenvalue weighted by Crippen LogP contribution is 2.29. The number of anilines is 1. The normalized spacial score (nSPS) is 19.5. The van der Waals surface area contributed by atoms with Crippen molar-refractivity contribution in [1.29, 1.82) is 0 Å². The van der Waals surface area contributed by atoms with Crippen LogP contribution in [0.4, 0.5) is 5.69 Å².